The van der Waals surface area contributed by atoms with E-state index in [0.717, 1.165) is 39.1 Å². The summed E-state index contributed by atoms with van der Waals surface area (Å²) in [5.74, 6) is 0.100. The molecule has 0 radical (unpaired) electrons. The standard InChI is InChI=1S/C15H21N3O4/c1-22-15-5-4-12(11-13(15)18(20)21)14(19)3-2-8-17-9-6-16-7-10-17/h4-5,11,16H,2-3,6-10H2,1H3. The third-order valence-corrected chi connectivity index (χ3v) is 3.79. The third-order valence-electron chi connectivity index (χ3n) is 3.79. The number of methoxy groups -OCH3 is 1. The van der Waals surface area contributed by atoms with Gasteiger partial charge in [-0.25, -0.2) is 0 Å². The Balaban J connectivity index is 1.91. The maximum absolute atomic E-state index is 12.2. The van der Waals surface area contributed by atoms with Crippen LogP contribution in [0.1, 0.15) is 23.2 Å². The van der Waals surface area contributed by atoms with E-state index in [1.54, 1.807) is 6.07 Å². The van der Waals surface area contributed by atoms with E-state index in [0.29, 0.717) is 12.0 Å². The molecule has 22 heavy (non-hydrogen) atoms. The van der Waals surface area contributed by atoms with Crippen LogP contribution in [-0.4, -0.2) is 55.4 Å². The number of piperazine rings is 1. The Hall–Kier alpha value is -1.99. The smallest absolute Gasteiger partial charge is 0.311 e. The van der Waals surface area contributed by atoms with Gasteiger partial charge in [-0.15, -0.1) is 0 Å². The third kappa shape index (κ3) is 4.25. The van der Waals surface area contributed by atoms with Gasteiger partial charge in [-0.2, -0.15) is 0 Å². The quantitative estimate of drug-likeness (QED) is 0.466. The molecule has 0 amide bonds. The summed E-state index contributed by atoms with van der Waals surface area (Å²) in [5.41, 5.74) is 0.197. The van der Waals surface area contributed by atoms with Crippen molar-refractivity contribution in [1.29, 1.82) is 0 Å². The van der Waals surface area contributed by atoms with Crippen LogP contribution in [0.4, 0.5) is 5.69 Å². The van der Waals surface area contributed by atoms with Crippen LogP contribution in [0, 0.1) is 10.1 Å². The minimum absolute atomic E-state index is 0.0686. The molecule has 0 atom stereocenters. The first-order valence-electron chi connectivity index (χ1n) is 7.40. The normalized spacial score (nSPS) is 15.5. The molecule has 0 spiro atoms. The Morgan fingerprint density at radius 3 is 2.77 bits per heavy atom. The van der Waals surface area contributed by atoms with Crippen LogP contribution in [0.2, 0.25) is 0 Å². The number of hydrogen-bond acceptors (Lipinski definition) is 6. The molecule has 1 heterocycles. The highest BCUT2D eigenvalue weighted by molar-refractivity contribution is 5.96. The summed E-state index contributed by atoms with van der Waals surface area (Å²) >= 11 is 0. The molecule has 120 valence electrons. The van der Waals surface area contributed by atoms with Crippen LogP contribution in [0.5, 0.6) is 5.75 Å². The van der Waals surface area contributed by atoms with E-state index >= 15 is 0 Å². The highest BCUT2D eigenvalue weighted by Crippen LogP contribution is 2.28. The van der Waals surface area contributed by atoms with Gasteiger partial charge in [0.05, 0.1) is 12.0 Å². The zero-order chi connectivity index (χ0) is 15.9. The molecular weight excluding hydrogens is 286 g/mol. The van der Waals surface area contributed by atoms with E-state index in [-0.39, 0.29) is 17.2 Å². The predicted molar refractivity (Wildman–Crippen MR) is 82.5 cm³/mol. The van der Waals surface area contributed by atoms with Crippen LogP contribution in [0.3, 0.4) is 0 Å². The Labute approximate surface area is 129 Å². The number of rotatable bonds is 7. The first kappa shape index (κ1) is 16.4. The van der Waals surface area contributed by atoms with Gasteiger partial charge in [-0.05, 0) is 25.1 Å². The maximum atomic E-state index is 12.2. The number of ketones is 1. The van der Waals surface area contributed by atoms with Crippen molar-refractivity contribution >= 4 is 11.5 Å². The summed E-state index contributed by atoms with van der Waals surface area (Å²) in [5, 5.41) is 14.3. The Morgan fingerprint density at radius 1 is 1.41 bits per heavy atom. The topological polar surface area (TPSA) is 84.7 Å². The van der Waals surface area contributed by atoms with Crippen molar-refractivity contribution in [3.63, 3.8) is 0 Å². The van der Waals surface area contributed by atoms with Gasteiger partial charge in [0.1, 0.15) is 0 Å². The zero-order valence-corrected chi connectivity index (χ0v) is 12.7. The molecule has 1 aromatic rings. The molecule has 1 aliphatic heterocycles. The molecule has 7 nitrogen and oxygen atoms in total. The lowest BCUT2D eigenvalue weighted by atomic mass is 10.1. The SMILES string of the molecule is COc1ccc(C(=O)CCCN2CCNCC2)cc1[N+](=O)[O-]. The number of nitrogens with one attached hydrogen (secondary N) is 1. The van der Waals surface area contributed by atoms with E-state index in [4.69, 9.17) is 4.74 Å². The predicted octanol–water partition coefficient (Wildman–Crippen LogP) is 1.47. The van der Waals surface area contributed by atoms with E-state index in [1.807, 2.05) is 0 Å². The fourth-order valence-corrected chi connectivity index (χ4v) is 2.55. The van der Waals surface area contributed by atoms with Gasteiger partial charge in [0.15, 0.2) is 11.5 Å². The lowest BCUT2D eigenvalue weighted by Gasteiger charge is -2.26. The molecule has 0 saturated carbocycles. The number of carbonyl (C=O) groups is 1. The van der Waals surface area contributed by atoms with E-state index < -0.39 is 4.92 Å². The van der Waals surface area contributed by atoms with Crippen molar-refractivity contribution in [3.8, 4) is 5.75 Å². The van der Waals surface area contributed by atoms with Gasteiger partial charge in [0.25, 0.3) is 0 Å². The van der Waals surface area contributed by atoms with E-state index in [2.05, 4.69) is 10.2 Å². The number of ether oxygens (including phenoxy) is 1. The summed E-state index contributed by atoms with van der Waals surface area (Å²) in [6.45, 7) is 4.85. The average molecular weight is 307 g/mol. The highest BCUT2D eigenvalue weighted by Gasteiger charge is 2.18. The zero-order valence-electron chi connectivity index (χ0n) is 12.7. The first-order valence-corrected chi connectivity index (χ1v) is 7.40. The fourth-order valence-electron chi connectivity index (χ4n) is 2.55. The molecule has 2 rings (SSSR count). The lowest BCUT2D eigenvalue weighted by Crippen LogP contribution is -2.43. The second-order valence-electron chi connectivity index (χ2n) is 5.26. The number of nitro benzene ring substituents is 1. The van der Waals surface area contributed by atoms with Crippen LogP contribution < -0.4 is 10.1 Å². The number of hydrogen-bond donors (Lipinski definition) is 1. The van der Waals surface area contributed by atoms with Crippen LogP contribution in [0.15, 0.2) is 18.2 Å². The summed E-state index contributed by atoms with van der Waals surface area (Å²) in [7, 11) is 1.37. The number of benzene rings is 1. The van der Waals surface area contributed by atoms with Gasteiger partial charge < -0.3 is 15.0 Å². The molecule has 1 N–H and O–H groups in total. The molecular formula is C15H21N3O4. The van der Waals surface area contributed by atoms with Gasteiger partial charge in [-0.1, -0.05) is 0 Å². The molecule has 1 saturated heterocycles. The second-order valence-corrected chi connectivity index (χ2v) is 5.26. The van der Waals surface area contributed by atoms with Crippen molar-refractivity contribution in [1.82, 2.24) is 10.2 Å². The molecule has 7 heteroatoms. The molecule has 0 unspecified atom stereocenters. The average Bonchev–Trinajstić information content (AvgIpc) is 2.55. The van der Waals surface area contributed by atoms with Crippen LogP contribution >= 0.6 is 0 Å². The molecule has 0 aromatic heterocycles. The fraction of sp³-hybridized carbons (Fsp3) is 0.533. The van der Waals surface area contributed by atoms with Gasteiger partial charge in [0.2, 0.25) is 0 Å². The number of nitrogens with zero attached hydrogens (tertiary/aromatic N) is 2. The summed E-state index contributed by atoms with van der Waals surface area (Å²) in [6, 6.07) is 4.35. The Bertz CT molecular complexity index is 542. The second kappa shape index (κ2) is 7.86. The van der Waals surface area contributed by atoms with Gasteiger partial charge in [0, 0.05) is 44.2 Å². The van der Waals surface area contributed by atoms with Crippen LogP contribution in [-0.2, 0) is 0 Å². The lowest BCUT2D eigenvalue weighted by molar-refractivity contribution is -0.385. The maximum Gasteiger partial charge on any atom is 0.311 e. The van der Waals surface area contributed by atoms with Crippen molar-refractivity contribution in [2.45, 2.75) is 12.8 Å². The van der Waals surface area contributed by atoms with Crippen molar-refractivity contribution < 1.29 is 14.5 Å². The minimum Gasteiger partial charge on any atom is -0.490 e. The van der Waals surface area contributed by atoms with Gasteiger partial charge >= 0.3 is 5.69 Å². The van der Waals surface area contributed by atoms with Crippen molar-refractivity contribution in [3.05, 3.63) is 33.9 Å². The molecule has 1 aliphatic rings. The highest BCUT2D eigenvalue weighted by atomic mass is 16.6. The first-order chi connectivity index (χ1) is 10.6. The Kier molecular flexibility index (Phi) is 5.85. The molecule has 1 aromatic carbocycles. The van der Waals surface area contributed by atoms with E-state index in [1.165, 1.54) is 19.2 Å². The van der Waals surface area contributed by atoms with Crippen LogP contribution in [0.25, 0.3) is 0 Å². The molecule has 1 fully saturated rings. The minimum atomic E-state index is -0.531. The largest absolute Gasteiger partial charge is 0.490 e. The number of carbonyl (C=O) groups excluding carboxylic acids is 1. The number of Topliss-reactive ketones (excluding diaryl/α,β-unsaturated/α-hetero) is 1. The summed E-state index contributed by atoms with van der Waals surface area (Å²) in [4.78, 5) is 24.9. The van der Waals surface area contributed by atoms with Gasteiger partial charge in [-0.3, -0.25) is 14.9 Å². The monoisotopic (exact) mass is 307 g/mol. The molecule has 0 bridgehead atoms. The number of nitro groups is 1. The molecule has 0 aliphatic carbocycles. The summed E-state index contributed by atoms with van der Waals surface area (Å²) in [6.07, 6.45) is 1.16. The Morgan fingerprint density at radius 2 is 2.14 bits per heavy atom. The van der Waals surface area contributed by atoms with Crippen molar-refractivity contribution in [2.75, 3.05) is 39.8 Å². The van der Waals surface area contributed by atoms with E-state index in [9.17, 15) is 14.9 Å². The summed E-state index contributed by atoms with van der Waals surface area (Å²) < 4.78 is 4.94. The van der Waals surface area contributed by atoms with Crippen molar-refractivity contribution in [2.24, 2.45) is 0 Å².